The van der Waals surface area contributed by atoms with Crippen molar-refractivity contribution in [3.8, 4) is 0 Å². The first-order chi connectivity index (χ1) is 18.0. The summed E-state index contributed by atoms with van der Waals surface area (Å²) >= 11 is 0. The van der Waals surface area contributed by atoms with Crippen LogP contribution in [0.5, 0.6) is 0 Å². The van der Waals surface area contributed by atoms with Gasteiger partial charge in [0, 0.05) is 19.6 Å². The van der Waals surface area contributed by atoms with E-state index in [1.54, 1.807) is 0 Å². The molecule has 196 valence electrons. The molecule has 4 saturated carbocycles. The molecule has 1 saturated heterocycles. The van der Waals surface area contributed by atoms with E-state index in [0.29, 0.717) is 6.61 Å². The largest absolute Gasteiger partial charge is 0.465 e. The number of piperidine rings is 1. The van der Waals surface area contributed by atoms with Crippen molar-refractivity contribution in [3.63, 3.8) is 0 Å². The standard InChI is InChI=1S/C32H37F2NO2/c33-28-6-2-25(3-7-28)30(26-4-8-29(34)9-5-26)27-10-13-35(14-11-27)12-1-15-37-31(36)32-19-22-16-23(20-32)18-24(17-22)21-32/h2-9,22-24H,1,10-21H2. The molecule has 2 aromatic carbocycles. The van der Waals surface area contributed by atoms with E-state index in [1.165, 1.54) is 49.1 Å². The first-order valence-corrected chi connectivity index (χ1v) is 14.1. The van der Waals surface area contributed by atoms with E-state index in [2.05, 4.69) is 4.90 Å². The molecule has 0 aromatic heterocycles. The van der Waals surface area contributed by atoms with Gasteiger partial charge in [0.1, 0.15) is 11.6 Å². The topological polar surface area (TPSA) is 29.5 Å². The van der Waals surface area contributed by atoms with E-state index in [9.17, 15) is 13.6 Å². The summed E-state index contributed by atoms with van der Waals surface area (Å²) in [6, 6.07) is 13.2. The van der Waals surface area contributed by atoms with Crippen LogP contribution in [0.4, 0.5) is 8.78 Å². The fraction of sp³-hybridized carbons (Fsp3) is 0.531. The molecular formula is C32H37F2NO2. The number of carbonyl (C=O) groups excluding carboxylic acids is 1. The third-order valence-electron chi connectivity index (χ3n) is 9.40. The Labute approximate surface area is 218 Å². The van der Waals surface area contributed by atoms with Crippen molar-refractivity contribution < 1.29 is 18.3 Å². The van der Waals surface area contributed by atoms with E-state index in [4.69, 9.17) is 4.74 Å². The van der Waals surface area contributed by atoms with Crippen molar-refractivity contribution in [1.29, 1.82) is 0 Å². The molecule has 5 aliphatic rings. The number of ether oxygens (including phenoxy) is 1. The summed E-state index contributed by atoms with van der Waals surface area (Å²) < 4.78 is 33.0. The molecule has 4 aliphatic carbocycles. The second-order valence-corrected chi connectivity index (χ2v) is 12.0. The molecule has 3 nitrogen and oxygen atoms in total. The molecule has 0 N–H and O–H groups in total. The van der Waals surface area contributed by atoms with Crippen molar-refractivity contribution in [1.82, 2.24) is 4.90 Å². The molecule has 0 atom stereocenters. The Hall–Kier alpha value is -2.53. The van der Waals surface area contributed by atoms with Gasteiger partial charge in [-0.25, -0.2) is 8.78 Å². The average Bonchev–Trinajstić information content (AvgIpc) is 2.89. The third kappa shape index (κ3) is 5.25. The minimum Gasteiger partial charge on any atom is -0.465 e. The van der Waals surface area contributed by atoms with Crippen LogP contribution in [0.15, 0.2) is 54.1 Å². The molecule has 7 rings (SSSR count). The Kier molecular flexibility index (Phi) is 6.91. The van der Waals surface area contributed by atoms with Crippen molar-refractivity contribution in [2.75, 3.05) is 26.2 Å². The highest BCUT2D eigenvalue weighted by Gasteiger charge is 2.55. The van der Waals surface area contributed by atoms with Crippen LogP contribution >= 0.6 is 0 Å². The van der Waals surface area contributed by atoms with Gasteiger partial charge in [0.25, 0.3) is 0 Å². The molecule has 0 unspecified atom stereocenters. The van der Waals surface area contributed by atoms with Crippen molar-refractivity contribution in [2.24, 2.45) is 23.2 Å². The van der Waals surface area contributed by atoms with Gasteiger partial charge in [-0.3, -0.25) is 4.79 Å². The molecule has 1 heterocycles. The van der Waals surface area contributed by atoms with Gasteiger partial charge < -0.3 is 9.64 Å². The van der Waals surface area contributed by atoms with Gasteiger partial charge in [-0.1, -0.05) is 29.8 Å². The van der Waals surface area contributed by atoms with Gasteiger partial charge in [-0.2, -0.15) is 0 Å². The van der Waals surface area contributed by atoms with Gasteiger partial charge in [0.05, 0.1) is 12.0 Å². The lowest BCUT2D eigenvalue weighted by atomic mass is 9.49. The summed E-state index contributed by atoms with van der Waals surface area (Å²) in [5.74, 6) is 1.83. The lowest BCUT2D eigenvalue weighted by Gasteiger charge is -2.55. The van der Waals surface area contributed by atoms with Crippen LogP contribution in [-0.2, 0) is 9.53 Å². The maximum Gasteiger partial charge on any atom is 0.312 e. The molecule has 5 fully saturated rings. The summed E-state index contributed by atoms with van der Waals surface area (Å²) in [6.45, 7) is 3.30. The summed E-state index contributed by atoms with van der Waals surface area (Å²) in [6.07, 6.45) is 9.87. The van der Waals surface area contributed by atoms with Gasteiger partial charge in [0.2, 0.25) is 0 Å². The van der Waals surface area contributed by atoms with Crippen LogP contribution in [0.3, 0.4) is 0 Å². The molecule has 5 heteroatoms. The predicted molar refractivity (Wildman–Crippen MR) is 141 cm³/mol. The van der Waals surface area contributed by atoms with Crippen LogP contribution in [0.1, 0.15) is 68.9 Å². The molecule has 1 aliphatic heterocycles. The Bertz CT molecular complexity index is 1060. The van der Waals surface area contributed by atoms with Crippen LogP contribution in [-0.4, -0.2) is 37.1 Å². The Morgan fingerprint density at radius 1 is 0.811 bits per heavy atom. The molecule has 0 amide bonds. The number of halogens is 2. The van der Waals surface area contributed by atoms with Crippen molar-refractivity contribution in [2.45, 2.75) is 57.8 Å². The first kappa shape index (κ1) is 24.8. The maximum atomic E-state index is 13.6. The number of likely N-dealkylation sites (tertiary alicyclic amines) is 1. The Balaban J connectivity index is 1.03. The van der Waals surface area contributed by atoms with E-state index >= 15 is 0 Å². The number of hydrogen-bond acceptors (Lipinski definition) is 3. The highest BCUT2D eigenvalue weighted by molar-refractivity contribution is 5.82. The second-order valence-electron chi connectivity index (χ2n) is 12.0. The van der Waals surface area contributed by atoms with Crippen LogP contribution in [0.2, 0.25) is 0 Å². The zero-order chi connectivity index (χ0) is 25.4. The number of nitrogens with zero attached hydrogens (tertiary/aromatic N) is 1. The number of rotatable bonds is 7. The summed E-state index contributed by atoms with van der Waals surface area (Å²) in [5, 5.41) is 0. The summed E-state index contributed by atoms with van der Waals surface area (Å²) in [4.78, 5) is 15.5. The predicted octanol–water partition coefficient (Wildman–Crippen LogP) is 7.01. The summed E-state index contributed by atoms with van der Waals surface area (Å²) in [7, 11) is 0. The van der Waals surface area contributed by atoms with Crippen molar-refractivity contribution in [3.05, 3.63) is 76.9 Å². The number of carbonyl (C=O) groups is 1. The molecular weight excluding hydrogens is 468 g/mol. The molecule has 2 aromatic rings. The highest BCUT2D eigenvalue weighted by Crippen LogP contribution is 2.60. The van der Waals surface area contributed by atoms with Gasteiger partial charge >= 0.3 is 5.97 Å². The average molecular weight is 506 g/mol. The van der Waals surface area contributed by atoms with E-state index in [-0.39, 0.29) is 23.0 Å². The Morgan fingerprint density at radius 2 is 1.30 bits per heavy atom. The SMILES string of the molecule is O=C(OCCCN1CCC(=C(c2ccc(F)cc2)c2ccc(F)cc2)CC1)C12CC3CC(CC(C3)C1)C2. The minimum atomic E-state index is -0.258. The van der Waals surface area contributed by atoms with E-state index in [1.807, 2.05) is 24.3 Å². The van der Waals surface area contributed by atoms with Gasteiger partial charge in [0.15, 0.2) is 0 Å². The molecule has 37 heavy (non-hydrogen) atoms. The monoisotopic (exact) mass is 505 g/mol. The minimum absolute atomic E-state index is 0.0821. The summed E-state index contributed by atoms with van der Waals surface area (Å²) in [5.41, 5.74) is 4.17. The van der Waals surface area contributed by atoms with Crippen LogP contribution in [0, 0.1) is 34.8 Å². The third-order valence-corrected chi connectivity index (χ3v) is 9.40. The zero-order valence-electron chi connectivity index (χ0n) is 21.6. The van der Waals surface area contributed by atoms with Crippen LogP contribution in [0.25, 0.3) is 5.57 Å². The van der Waals surface area contributed by atoms with Gasteiger partial charge in [-0.15, -0.1) is 0 Å². The van der Waals surface area contributed by atoms with Crippen LogP contribution < -0.4 is 0 Å². The normalized spacial score (nSPS) is 28.9. The molecule has 0 radical (unpaired) electrons. The lowest BCUT2D eigenvalue weighted by Crippen LogP contribution is -2.50. The Morgan fingerprint density at radius 3 is 1.78 bits per heavy atom. The highest BCUT2D eigenvalue weighted by atomic mass is 19.1. The number of benzene rings is 2. The maximum absolute atomic E-state index is 13.6. The second kappa shape index (κ2) is 10.3. The lowest BCUT2D eigenvalue weighted by molar-refractivity contribution is -0.171. The number of hydrogen-bond donors (Lipinski definition) is 0. The smallest absolute Gasteiger partial charge is 0.312 e. The van der Waals surface area contributed by atoms with Crippen molar-refractivity contribution >= 4 is 11.5 Å². The first-order valence-electron chi connectivity index (χ1n) is 14.1. The van der Waals surface area contributed by atoms with E-state index < -0.39 is 0 Å². The van der Waals surface area contributed by atoms with E-state index in [0.717, 1.165) is 92.6 Å². The quantitative estimate of drug-likeness (QED) is 0.299. The number of esters is 1. The fourth-order valence-corrected chi connectivity index (χ4v) is 8.07. The molecule has 4 bridgehead atoms. The zero-order valence-corrected chi connectivity index (χ0v) is 21.6. The van der Waals surface area contributed by atoms with Gasteiger partial charge in [-0.05, 0) is 117 Å². The fourth-order valence-electron chi connectivity index (χ4n) is 8.07. The molecule has 0 spiro atoms.